The summed E-state index contributed by atoms with van der Waals surface area (Å²) in [5.41, 5.74) is 1.76. The minimum Gasteiger partial charge on any atom is -0.463 e. The van der Waals surface area contributed by atoms with Crippen molar-refractivity contribution >= 4 is 11.6 Å². The number of nitrogens with zero attached hydrogens (tertiary/aromatic N) is 4. The number of carbonyl (C=O) groups is 1. The van der Waals surface area contributed by atoms with Crippen molar-refractivity contribution in [2.24, 2.45) is 13.0 Å². The predicted molar refractivity (Wildman–Crippen MR) is 83.8 cm³/mol. The van der Waals surface area contributed by atoms with Gasteiger partial charge in [-0.15, -0.1) is 0 Å². The van der Waals surface area contributed by atoms with E-state index in [1.807, 2.05) is 10.7 Å². The number of aromatic nitrogens is 4. The van der Waals surface area contributed by atoms with Crippen LogP contribution in [-0.4, -0.2) is 25.5 Å². The van der Waals surface area contributed by atoms with Gasteiger partial charge in [0.05, 0.1) is 23.7 Å². The van der Waals surface area contributed by atoms with Crippen molar-refractivity contribution in [3.8, 4) is 11.5 Å². The lowest BCUT2D eigenvalue weighted by molar-refractivity contribution is 0.102. The summed E-state index contributed by atoms with van der Waals surface area (Å²) in [5, 5.41) is 11.5. The maximum Gasteiger partial charge on any atom is 0.258 e. The molecule has 23 heavy (non-hydrogen) atoms. The van der Waals surface area contributed by atoms with Crippen molar-refractivity contribution in [1.29, 1.82) is 0 Å². The molecule has 1 fully saturated rings. The maximum atomic E-state index is 12.4. The fourth-order valence-electron chi connectivity index (χ4n) is 2.52. The Kier molecular flexibility index (Phi) is 3.25. The molecule has 1 N–H and O–H groups in total. The molecule has 0 atom stereocenters. The van der Waals surface area contributed by atoms with Gasteiger partial charge in [-0.25, -0.2) is 0 Å². The molecule has 1 saturated carbocycles. The molecule has 0 aromatic carbocycles. The van der Waals surface area contributed by atoms with E-state index in [-0.39, 0.29) is 5.91 Å². The van der Waals surface area contributed by atoms with Crippen molar-refractivity contribution < 1.29 is 9.21 Å². The van der Waals surface area contributed by atoms with Gasteiger partial charge in [0, 0.05) is 26.0 Å². The summed E-state index contributed by atoms with van der Waals surface area (Å²) in [4.78, 5) is 12.4. The Bertz CT molecular complexity index is 827. The first-order valence-electron chi connectivity index (χ1n) is 7.60. The third-order valence-corrected chi connectivity index (χ3v) is 3.87. The van der Waals surface area contributed by atoms with Crippen LogP contribution in [0, 0.1) is 5.92 Å². The Labute approximate surface area is 132 Å². The van der Waals surface area contributed by atoms with E-state index in [1.54, 1.807) is 42.6 Å². The molecular weight excluding hydrogens is 294 g/mol. The van der Waals surface area contributed by atoms with Crippen LogP contribution >= 0.6 is 0 Å². The van der Waals surface area contributed by atoms with E-state index in [4.69, 9.17) is 4.42 Å². The van der Waals surface area contributed by atoms with Crippen molar-refractivity contribution in [3.63, 3.8) is 0 Å². The monoisotopic (exact) mass is 311 g/mol. The molecule has 1 aliphatic carbocycles. The first-order chi connectivity index (χ1) is 11.2. The van der Waals surface area contributed by atoms with Crippen LogP contribution in [0.4, 0.5) is 5.69 Å². The Morgan fingerprint density at radius 2 is 2.30 bits per heavy atom. The molecule has 0 saturated heterocycles. The van der Waals surface area contributed by atoms with Crippen molar-refractivity contribution in [2.75, 3.05) is 5.32 Å². The number of nitrogens with one attached hydrogen (secondary N) is 1. The van der Waals surface area contributed by atoms with Gasteiger partial charge in [0.15, 0.2) is 11.5 Å². The standard InChI is InChI=1S/C16H17N5O2/c1-20-10-13(15(19-20)14-3-2-6-23-14)18-16(22)12-7-17-21(9-12)8-11-4-5-11/h2-3,6-7,9-11H,4-5,8H2,1H3,(H,18,22). The number of aryl methyl sites for hydroxylation is 1. The molecule has 0 spiro atoms. The summed E-state index contributed by atoms with van der Waals surface area (Å²) in [5.74, 6) is 1.13. The first kappa shape index (κ1) is 13.8. The lowest BCUT2D eigenvalue weighted by Crippen LogP contribution is -2.11. The van der Waals surface area contributed by atoms with E-state index in [9.17, 15) is 4.79 Å². The molecule has 0 unspecified atom stereocenters. The topological polar surface area (TPSA) is 77.9 Å². The first-order valence-corrected chi connectivity index (χ1v) is 7.60. The summed E-state index contributed by atoms with van der Waals surface area (Å²) in [7, 11) is 1.80. The van der Waals surface area contributed by atoms with E-state index in [2.05, 4.69) is 15.5 Å². The highest BCUT2D eigenvalue weighted by molar-refractivity contribution is 6.05. The average molecular weight is 311 g/mol. The molecule has 0 aliphatic heterocycles. The fraction of sp³-hybridized carbons (Fsp3) is 0.312. The van der Waals surface area contributed by atoms with Crippen LogP contribution in [0.1, 0.15) is 23.2 Å². The summed E-state index contributed by atoms with van der Waals surface area (Å²) >= 11 is 0. The van der Waals surface area contributed by atoms with Crippen LogP contribution in [0.15, 0.2) is 41.4 Å². The molecule has 1 aliphatic rings. The van der Waals surface area contributed by atoms with Gasteiger partial charge in [0.1, 0.15) is 0 Å². The zero-order chi connectivity index (χ0) is 15.8. The van der Waals surface area contributed by atoms with Gasteiger partial charge in [-0.1, -0.05) is 0 Å². The Morgan fingerprint density at radius 1 is 1.43 bits per heavy atom. The SMILES string of the molecule is Cn1cc(NC(=O)c2cnn(CC3CC3)c2)c(-c2ccco2)n1. The third-order valence-electron chi connectivity index (χ3n) is 3.87. The van der Waals surface area contributed by atoms with E-state index >= 15 is 0 Å². The number of amides is 1. The second-order valence-electron chi connectivity index (χ2n) is 5.89. The van der Waals surface area contributed by atoms with Gasteiger partial charge in [-0.2, -0.15) is 10.2 Å². The molecule has 0 radical (unpaired) electrons. The summed E-state index contributed by atoms with van der Waals surface area (Å²) in [6.07, 6.45) is 9.23. The normalized spacial score (nSPS) is 14.1. The Morgan fingerprint density at radius 3 is 3.04 bits per heavy atom. The Balaban J connectivity index is 1.53. The molecule has 3 aromatic heterocycles. The van der Waals surface area contributed by atoms with Crippen molar-refractivity contribution in [3.05, 3.63) is 42.5 Å². The highest BCUT2D eigenvalue weighted by atomic mass is 16.3. The van der Waals surface area contributed by atoms with Crippen LogP contribution < -0.4 is 5.32 Å². The van der Waals surface area contributed by atoms with Crippen LogP contribution in [0.2, 0.25) is 0 Å². The molecule has 7 nitrogen and oxygen atoms in total. The second kappa shape index (κ2) is 5.42. The lowest BCUT2D eigenvalue weighted by atomic mass is 10.2. The van der Waals surface area contributed by atoms with Gasteiger partial charge in [-0.3, -0.25) is 14.2 Å². The highest BCUT2D eigenvalue weighted by Crippen LogP contribution is 2.30. The van der Waals surface area contributed by atoms with E-state index in [1.165, 1.54) is 12.8 Å². The number of anilines is 1. The van der Waals surface area contributed by atoms with Crippen LogP contribution in [0.5, 0.6) is 0 Å². The van der Waals surface area contributed by atoms with Gasteiger partial charge in [-0.05, 0) is 30.9 Å². The Hall–Kier alpha value is -2.83. The van der Waals surface area contributed by atoms with Gasteiger partial charge < -0.3 is 9.73 Å². The number of hydrogen-bond donors (Lipinski definition) is 1. The van der Waals surface area contributed by atoms with E-state index < -0.39 is 0 Å². The molecule has 1 amide bonds. The lowest BCUT2D eigenvalue weighted by Gasteiger charge is -2.02. The third kappa shape index (κ3) is 2.90. The zero-order valence-corrected chi connectivity index (χ0v) is 12.8. The number of rotatable bonds is 5. The molecule has 118 valence electrons. The summed E-state index contributed by atoms with van der Waals surface area (Å²) < 4.78 is 8.85. The second-order valence-corrected chi connectivity index (χ2v) is 5.89. The summed E-state index contributed by atoms with van der Waals surface area (Å²) in [6, 6.07) is 3.60. The molecule has 3 aromatic rings. The predicted octanol–water partition coefficient (Wildman–Crippen LogP) is 2.54. The van der Waals surface area contributed by atoms with E-state index in [0.29, 0.717) is 22.7 Å². The van der Waals surface area contributed by atoms with Crippen LogP contribution in [0.3, 0.4) is 0 Å². The average Bonchev–Trinajstić information content (AvgIpc) is 2.96. The molecule has 7 heteroatoms. The number of hydrogen-bond acceptors (Lipinski definition) is 4. The zero-order valence-electron chi connectivity index (χ0n) is 12.8. The minimum atomic E-state index is -0.201. The van der Waals surface area contributed by atoms with Crippen LogP contribution in [0.25, 0.3) is 11.5 Å². The smallest absolute Gasteiger partial charge is 0.258 e. The van der Waals surface area contributed by atoms with E-state index in [0.717, 1.165) is 12.5 Å². The minimum absolute atomic E-state index is 0.201. The molecular formula is C16H17N5O2. The molecule has 4 rings (SSSR count). The van der Waals surface area contributed by atoms with Crippen molar-refractivity contribution in [1.82, 2.24) is 19.6 Å². The molecule has 0 bridgehead atoms. The number of carbonyl (C=O) groups excluding carboxylic acids is 1. The van der Waals surface area contributed by atoms with Gasteiger partial charge in [0.25, 0.3) is 5.91 Å². The quantitative estimate of drug-likeness (QED) is 0.785. The maximum absolute atomic E-state index is 12.4. The fourth-order valence-corrected chi connectivity index (χ4v) is 2.52. The van der Waals surface area contributed by atoms with Crippen LogP contribution in [-0.2, 0) is 13.6 Å². The number of furan rings is 1. The van der Waals surface area contributed by atoms with Gasteiger partial charge >= 0.3 is 0 Å². The highest BCUT2D eigenvalue weighted by Gasteiger charge is 2.23. The molecule has 3 heterocycles. The largest absolute Gasteiger partial charge is 0.463 e. The van der Waals surface area contributed by atoms with Crippen molar-refractivity contribution in [2.45, 2.75) is 19.4 Å². The summed E-state index contributed by atoms with van der Waals surface area (Å²) in [6.45, 7) is 0.887. The van der Waals surface area contributed by atoms with Gasteiger partial charge in [0.2, 0.25) is 0 Å².